The van der Waals surface area contributed by atoms with Crippen LogP contribution >= 0.6 is 0 Å². The Labute approximate surface area is 104 Å². The topological polar surface area (TPSA) is 37.3 Å². The molecule has 0 aliphatic carbocycles. The largest absolute Gasteiger partial charge is 0.478 e. The Balaban J connectivity index is 0. The van der Waals surface area contributed by atoms with E-state index < -0.39 is 5.97 Å². The van der Waals surface area contributed by atoms with Crippen molar-refractivity contribution in [3.05, 3.63) is 49.4 Å². The molecule has 0 aliphatic rings. The molecule has 1 aromatic rings. The Hall–Kier alpha value is -0.466. The van der Waals surface area contributed by atoms with Gasteiger partial charge in [-0.2, -0.15) is 30.3 Å². The molecule has 0 aromatic heterocycles. The predicted octanol–water partition coefficient (Wildman–Crippen LogP) is 2.03. The van der Waals surface area contributed by atoms with Gasteiger partial charge in [0.15, 0.2) is 0 Å². The molecular weight excluding hydrogens is 241 g/mol. The van der Waals surface area contributed by atoms with Crippen LogP contribution in [0.3, 0.4) is 0 Å². The van der Waals surface area contributed by atoms with Crippen LogP contribution in [0.25, 0.3) is 6.08 Å². The quantitative estimate of drug-likeness (QED) is 0.645. The van der Waals surface area contributed by atoms with E-state index in [-0.39, 0.29) is 40.1 Å². The van der Waals surface area contributed by atoms with Gasteiger partial charge in [0.25, 0.3) is 0 Å². The third-order valence-electron chi connectivity index (χ3n) is 1.16. The molecule has 0 saturated carbocycles. The summed E-state index contributed by atoms with van der Waals surface area (Å²) in [6, 6.07) is 9.90. The van der Waals surface area contributed by atoms with E-state index >= 15 is 0 Å². The molecule has 0 heterocycles. The van der Waals surface area contributed by atoms with E-state index in [9.17, 15) is 4.79 Å². The second kappa shape index (κ2) is 8.15. The molecule has 3 heteroatoms. The zero-order valence-corrected chi connectivity index (χ0v) is 10.2. The molecule has 1 aromatic carbocycles. The fraction of sp³-hybridized carbons (Fsp3) is 0. The van der Waals surface area contributed by atoms with Crippen LogP contribution in [0.2, 0.25) is 0 Å². The number of carbonyl (C=O) groups is 1. The van der Waals surface area contributed by atoms with E-state index in [1.165, 1.54) is 6.08 Å². The Morgan fingerprint density at radius 2 is 1.92 bits per heavy atom. The van der Waals surface area contributed by atoms with Crippen LogP contribution in [0, 0.1) is 13.5 Å². The minimum atomic E-state index is -0.933. The second-order valence-corrected chi connectivity index (χ2v) is 2.00. The summed E-state index contributed by atoms with van der Waals surface area (Å²) in [6.45, 7) is 0. The Bertz CT molecular complexity index is 268. The molecule has 0 fully saturated rings. The number of carboxylic acids is 1. The molecule has 1 N–H and O–H groups in total. The SMILES string of the molecule is O=C(O)/C=C/c1cc[c-]cc1.[CH3-].[Y]. The summed E-state index contributed by atoms with van der Waals surface area (Å²) >= 11 is 0. The van der Waals surface area contributed by atoms with Crippen molar-refractivity contribution >= 4 is 12.0 Å². The van der Waals surface area contributed by atoms with Crippen LogP contribution in [0.1, 0.15) is 5.56 Å². The van der Waals surface area contributed by atoms with Gasteiger partial charge in [0, 0.05) is 38.8 Å². The summed E-state index contributed by atoms with van der Waals surface area (Å²) < 4.78 is 0. The van der Waals surface area contributed by atoms with Crippen LogP contribution in [0.5, 0.6) is 0 Å². The Morgan fingerprint density at radius 1 is 1.38 bits per heavy atom. The third-order valence-corrected chi connectivity index (χ3v) is 1.16. The minimum Gasteiger partial charge on any atom is -0.478 e. The Morgan fingerprint density at radius 3 is 2.38 bits per heavy atom. The predicted molar refractivity (Wildman–Crippen MR) is 48.4 cm³/mol. The summed E-state index contributed by atoms with van der Waals surface area (Å²) in [6.07, 6.45) is 2.64. The van der Waals surface area contributed by atoms with Crippen LogP contribution in [0.4, 0.5) is 0 Å². The van der Waals surface area contributed by atoms with E-state index in [2.05, 4.69) is 6.07 Å². The van der Waals surface area contributed by atoms with Crippen molar-refractivity contribution in [2.24, 2.45) is 0 Å². The summed E-state index contributed by atoms with van der Waals surface area (Å²) in [7, 11) is 0. The molecule has 1 radical (unpaired) electrons. The molecule has 2 nitrogen and oxygen atoms in total. The van der Waals surface area contributed by atoms with Gasteiger partial charge in [-0.3, -0.25) is 0 Å². The van der Waals surface area contributed by atoms with Gasteiger partial charge in [-0.05, 0) is 0 Å². The molecular formula is C10H10O2Y-2. The van der Waals surface area contributed by atoms with Crippen LogP contribution in [-0.2, 0) is 37.5 Å². The van der Waals surface area contributed by atoms with E-state index in [0.717, 1.165) is 11.6 Å². The van der Waals surface area contributed by atoms with Gasteiger partial charge in [0.2, 0.25) is 0 Å². The van der Waals surface area contributed by atoms with Gasteiger partial charge in [0.05, 0.1) is 0 Å². The third kappa shape index (κ3) is 6.67. The summed E-state index contributed by atoms with van der Waals surface area (Å²) in [5, 5.41) is 8.28. The molecule has 0 aliphatic heterocycles. The number of aliphatic carboxylic acids is 1. The molecule has 0 bridgehead atoms. The van der Waals surface area contributed by atoms with Gasteiger partial charge < -0.3 is 12.5 Å². The normalized spacial score (nSPS) is 8.62. The monoisotopic (exact) mass is 251 g/mol. The van der Waals surface area contributed by atoms with Gasteiger partial charge in [-0.1, -0.05) is 6.08 Å². The molecule has 67 valence electrons. The molecule has 13 heavy (non-hydrogen) atoms. The van der Waals surface area contributed by atoms with Crippen molar-refractivity contribution in [3.8, 4) is 0 Å². The van der Waals surface area contributed by atoms with Crippen LogP contribution in [-0.4, -0.2) is 11.1 Å². The van der Waals surface area contributed by atoms with Crippen molar-refractivity contribution < 1.29 is 42.6 Å². The summed E-state index contributed by atoms with van der Waals surface area (Å²) in [4.78, 5) is 10.1. The maximum atomic E-state index is 10.1. The van der Waals surface area contributed by atoms with E-state index in [1.54, 1.807) is 24.3 Å². The number of hydrogen-bond donors (Lipinski definition) is 1. The molecule has 0 unspecified atom stereocenters. The van der Waals surface area contributed by atoms with Crippen molar-refractivity contribution in [1.82, 2.24) is 0 Å². The first-order valence-electron chi connectivity index (χ1n) is 3.16. The van der Waals surface area contributed by atoms with Gasteiger partial charge in [-0.15, -0.1) is 5.56 Å². The molecule has 1 rings (SSSR count). The van der Waals surface area contributed by atoms with Crippen molar-refractivity contribution in [1.29, 1.82) is 0 Å². The van der Waals surface area contributed by atoms with Crippen molar-refractivity contribution in [3.63, 3.8) is 0 Å². The van der Waals surface area contributed by atoms with Crippen molar-refractivity contribution in [2.45, 2.75) is 0 Å². The van der Waals surface area contributed by atoms with Crippen molar-refractivity contribution in [2.75, 3.05) is 0 Å². The fourth-order valence-electron chi connectivity index (χ4n) is 0.678. The zero-order valence-electron chi connectivity index (χ0n) is 7.40. The molecule has 0 spiro atoms. The first-order valence-corrected chi connectivity index (χ1v) is 3.16. The minimum absolute atomic E-state index is 0. The van der Waals surface area contributed by atoms with Gasteiger partial charge >= 0.3 is 5.97 Å². The number of benzene rings is 1. The smallest absolute Gasteiger partial charge is 0.328 e. The van der Waals surface area contributed by atoms with E-state index in [0.29, 0.717) is 0 Å². The average Bonchev–Trinajstić information content (AvgIpc) is 2.03. The first kappa shape index (κ1) is 15.0. The van der Waals surface area contributed by atoms with Gasteiger partial charge in [0.1, 0.15) is 0 Å². The number of carboxylic acid groups (broad SMARTS) is 1. The maximum absolute atomic E-state index is 10.1. The zero-order chi connectivity index (χ0) is 8.10. The summed E-state index contributed by atoms with van der Waals surface area (Å²) in [5.74, 6) is -0.933. The van der Waals surface area contributed by atoms with E-state index in [4.69, 9.17) is 5.11 Å². The van der Waals surface area contributed by atoms with E-state index in [1.807, 2.05) is 0 Å². The number of rotatable bonds is 2. The second-order valence-electron chi connectivity index (χ2n) is 2.00. The van der Waals surface area contributed by atoms with Crippen LogP contribution in [0.15, 0.2) is 30.3 Å². The fourth-order valence-corrected chi connectivity index (χ4v) is 0.678. The molecule has 0 saturated heterocycles. The van der Waals surface area contributed by atoms with Crippen LogP contribution < -0.4 is 0 Å². The Kier molecular flexibility index (Phi) is 9.42. The first-order chi connectivity index (χ1) is 5.29. The molecule has 0 amide bonds. The maximum Gasteiger partial charge on any atom is 0.328 e. The van der Waals surface area contributed by atoms with Gasteiger partial charge in [-0.25, -0.2) is 4.79 Å². The molecule has 0 atom stereocenters. The number of hydrogen-bond acceptors (Lipinski definition) is 1. The standard InChI is InChI=1S/C9H7O2.CH3.Y/c10-9(11)7-6-8-4-2-1-3-5-8;;/h2-7H,(H,10,11);1H3;/q2*-1;/b7-6+;;. The average molecular weight is 251 g/mol. The summed E-state index contributed by atoms with van der Waals surface area (Å²) in [5.41, 5.74) is 0.867.